The second-order valence-electron chi connectivity index (χ2n) is 16.0. The predicted octanol–water partition coefficient (Wildman–Crippen LogP) is 10.5. The molecule has 8 rings (SSSR count). The molecule has 0 saturated carbocycles. The van der Waals surface area contributed by atoms with E-state index in [4.69, 9.17) is 37.9 Å². The minimum atomic E-state index is -1.12. The van der Waals surface area contributed by atoms with Crippen molar-refractivity contribution in [2.45, 2.75) is 94.7 Å². The predicted molar refractivity (Wildman–Crippen MR) is 247 cm³/mol. The molecule has 9 atom stereocenters. The van der Waals surface area contributed by atoms with Crippen molar-refractivity contribution in [1.29, 1.82) is 0 Å². The molecule has 0 bridgehead atoms. The number of benzene rings is 6. The fourth-order valence-corrected chi connectivity index (χ4v) is 8.03. The number of ether oxygens (including phenoxy) is 8. The lowest BCUT2D eigenvalue weighted by atomic mass is 9.93. The Labute approximate surface area is 381 Å². The summed E-state index contributed by atoms with van der Waals surface area (Å²) in [5.74, 6) is 0. The third kappa shape index (κ3) is 13.3. The average Bonchev–Trinajstić information content (AvgIpc) is 3.36. The lowest BCUT2D eigenvalue weighted by Gasteiger charge is -2.47. The third-order valence-electron chi connectivity index (χ3n) is 11.4. The van der Waals surface area contributed by atoms with Crippen molar-refractivity contribution < 1.29 is 37.9 Å². The lowest BCUT2D eigenvalue weighted by Crippen LogP contribution is -2.62. The van der Waals surface area contributed by atoms with Crippen molar-refractivity contribution in [2.24, 2.45) is 5.11 Å². The molecule has 1 fully saturated rings. The average molecular weight is 874 g/mol. The second kappa shape index (κ2) is 24.4. The quantitative estimate of drug-likeness (QED) is 0.0286. The summed E-state index contributed by atoms with van der Waals surface area (Å²) in [4.78, 5) is 3.33. The van der Waals surface area contributed by atoms with Crippen LogP contribution in [-0.2, 0) is 77.5 Å². The van der Waals surface area contributed by atoms with Crippen molar-refractivity contribution in [3.63, 3.8) is 0 Å². The molecule has 1 heterocycles. The zero-order valence-electron chi connectivity index (χ0n) is 36.2. The fourth-order valence-electron chi connectivity index (χ4n) is 8.03. The molecule has 2 aliphatic rings. The van der Waals surface area contributed by atoms with Gasteiger partial charge in [-0.1, -0.05) is 199 Å². The van der Waals surface area contributed by atoms with Crippen LogP contribution in [0.25, 0.3) is 10.4 Å². The maximum Gasteiger partial charge on any atom is 0.170 e. The summed E-state index contributed by atoms with van der Waals surface area (Å²) >= 11 is 0. The summed E-state index contributed by atoms with van der Waals surface area (Å²) in [6, 6.07) is 58.7. The molecule has 334 valence electrons. The summed E-state index contributed by atoms with van der Waals surface area (Å²) < 4.78 is 54.1. The van der Waals surface area contributed by atoms with Crippen LogP contribution in [-0.4, -0.2) is 61.7 Å². The Kier molecular flexibility index (Phi) is 17.1. The van der Waals surface area contributed by atoms with Crippen molar-refractivity contribution >= 4 is 0 Å². The van der Waals surface area contributed by atoms with Crippen LogP contribution in [0.15, 0.2) is 199 Å². The van der Waals surface area contributed by atoms with Crippen LogP contribution >= 0.6 is 0 Å². The van der Waals surface area contributed by atoms with Gasteiger partial charge in [-0.3, -0.25) is 0 Å². The van der Waals surface area contributed by atoms with Crippen molar-refractivity contribution in [2.75, 3.05) is 6.61 Å². The molecular formula is C54H55N3O8. The second-order valence-corrected chi connectivity index (χ2v) is 16.0. The molecule has 11 nitrogen and oxygen atoms in total. The molecule has 1 saturated heterocycles. The topological polar surface area (TPSA) is 123 Å². The molecule has 1 aliphatic heterocycles. The zero-order valence-corrected chi connectivity index (χ0v) is 36.2. The van der Waals surface area contributed by atoms with Crippen LogP contribution in [0.2, 0.25) is 0 Å². The van der Waals surface area contributed by atoms with Gasteiger partial charge in [0.1, 0.15) is 48.8 Å². The minimum absolute atomic E-state index is 0.134. The van der Waals surface area contributed by atoms with E-state index in [9.17, 15) is 5.53 Å². The van der Waals surface area contributed by atoms with Gasteiger partial charge in [0.2, 0.25) is 0 Å². The van der Waals surface area contributed by atoms with E-state index in [2.05, 4.69) is 10.0 Å². The fraction of sp³-hybridized carbons (Fsp3) is 0.296. The Bertz CT molecular complexity index is 2340. The standard InChI is InChI=1S/C54H55N3O8/c55-57-56-49-53(63-38-45-29-17-6-18-30-45)52(62-37-44-27-15-5-16-28-44)48(39-58-33-40-19-7-1-8-20-40)65-54(49)64-47-32-31-46(59-34-41-21-9-2-10-22-41)50(60-35-42-23-11-3-12-24-42)51(47)61-36-43-25-13-4-14-26-43/h1-32,46-54H,33-39H2/t46?,47-,48?,49?,50?,51+,52-,53+,54?/m0/s1. The zero-order chi connectivity index (χ0) is 44.3. The molecule has 1 aliphatic carbocycles. The highest BCUT2D eigenvalue weighted by Gasteiger charge is 2.50. The highest BCUT2D eigenvalue weighted by atomic mass is 16.7. The Morgan fingerprint density at radius 1 is 0.415 bits per heavy atom. The van der Waals surface area contributed by atoms with Crippen molar-refractivity contribution in [3.8, 4) is 0 Å². The first-order chi connectivity index (χ1) is 32.2. The van der Waals surface area contributed by atoms with Crippen LogP contribution in [0.1, 0.15) is 33.4 Å². The molecule has 0 aromatic heterocycles. The van der Waals surface area contributed by atoms with Crippen LogP contribution in [0.4, 0.5) is 0 Å². The smallest absolute Gasteiger partial charge is 0.170 e. The molecule has 0 spiro atoms. The maximum absolute atomic E-state index is 10.2. The Hall–Kier alpha value is -5.95. The molecule has 5 unspecified atom stereocenters. The molecule has 6 aromatic carbocycles. The Balaban J connectivity index is 1.12. The van der Waals surface area contributed by atoms with E-state index in [1.165, 1.54) is 0 Å². The SMILES string of the molecule is [N-]=[N+]=NC1C(O[C@H]2C=CC(OCc3ccccc3)C(OCc3ccccc3)[C@@H]2OCc2ccccc2)OC(COCc2ccccc2)[C@H](OCc2ccccc2)[C@@H]1OCc1ccccc1. The van der Waals surface area contributed by atoms with E-state index in [1.54, 1.807) is 0 Å². The van der Waals surface area contributed by atoms with Gasteiger partial charge >= 0.3 is 0 Å². The van der Waals surface area contributed by atoms with Crippen LogP contribution in [0.5, 0.6) is 0 Å². The molecule has 0 radical (unpaired) electrons. The van der Waals surface area contributed by atoms with E-state index in [0.717, 1.165) is 33.4 Å². The first-order valence-electron chi connectivity index (χ1n) is 22.1. The van der Waals surface area contributed by atoms with E-state index < -0.39 is 55.1 Å². The monoisotopic (exact) mass is 873 g/mol. The van der Waals surface area contributed by atoms with Crippen molar-refractivity contribution in [1.82, 2.24) is 0 Å². The van der Waals surface area contributed by atoms with Crippen LogP contribution in [0.3, 0.4) is 0 Å². The van der Waals surface area contributed by atoms with Crippen LogP contribution in [0, 0.1) is 0 Å². The number of rotatable bonds is 22. The van der Waals surface area contributed by atoms with Gasteiger partial charge in [-0.05, 0) is 38.9 Å². The summed E-state index contributed by atoms with van der Waals surface area (Å²) in [5, 5.41) is 4.35. The maximum atomic E-state index is 10.2. The molecule has 0 N–H and O–H groups in total. The summed E-state index contributed by atoms with van der Waals surface area (Å²) in [5.41, 5.74) is 16.1. The Morgan fingerprint density at radius 3 is 1.20 bits per heavy atom. The van der Waals surface area contributed by atoms with Gasteiger partial charge in [0.05, 0.1) is 46.2 Å². The number of hydrogen-bond acceptors (Lipinski definition) is 9. The normalized spacial score (nSPS) is 24.0. The lowest BCUT2D eigenvalue weighted by molar-refractivity contribution is -0.304. The first-order valence-corrected chi connectivity index (χ1v) is 22.1. The van der Waals surface area contributed by atoms with Gasteiger partial charge in [0.15, 0.2) is 6.29 Å². The Morgan fingerprint density at radius 2 is 0.769 bits per heavy atom. The van der Waals surface area contributed by atoms with Gasteiger partial charge in [-0.15, -0.1) is 0 Å². The highest BCUT2D eigenvalue weighted by Crippen LogP contribution is 2.35. The minimum Gasteiger partial charge on any atom is -0.374 e. The van der Waals surface area contributed by atoms with Gasteiger partial charge in [-0.25, -0.2) is 0 Å². The van der Waals surface area contributed by atoms with Crippen molar-refractivity contribution in [3.05, 3.63) is 238 Å². The third-order valence-corrected chi connectivity index (χ3v) is 11.4. The van der Waals surface area contributed by atoms with Gasteiger partial charge < -0.3 is 37.9 Å². The van der Waals surface area contributed by atoms with E-state index in [-0.39, 0.29) is 26.4 Å². The van der Waals surface area contributed by atoms with Gasteiger partial charge in [0, 0.05) is 4.91 Å². The van der Waals surface area contributed by atoms with E-state index in [1.807, 2.05) is 194 Å². The van der Waals surface area contributed by atoms with Gasteiger partial charge in [-0.2, -0.15) is 0 Å². The summed E-state index contributed by atoms with van der Waals surface area (Å²) in [6.07, 6.45) is -2.06. The molecule has 65 heavy (non-hydrogen) atoms. The summed E-state index contributed by atoms with van der Waals surface area (Å²) in [7, 11) is 0. The number of hydrogen-bond donors (Lipinski definition) is 0. The van der Waals surface area contributed by atoms with E-state index in [0.29, 0.717) is 19.8 Å². The van der Waals surface area contributed by atoms with E-state index >= 15 is 0 Å². The highest BCUT2D eigenvalue weighted by molar-refractivity contribution is 5.20. The summed E-state index contributed by atoms with van der Waals surface area (Å²) in [6.45, 7) is 1.90. The van der Waals surface area contributed by atoms with Gasteiger partial charge in [0.25, 0.3) is 0 Å². The number of nitrogens with zero attached hydrogens (tertiary/aromatic N) is 3. The molecule has 0 amide bonds. The van der Waals surface area contributed by atoms with Crippen LogP contribution < -0.4 is 0 Å². The first kappa shape index (κ1) is 45.6. The number of azide groups is 1. The largest absolute Gasteiger partial charge is 0.374 e. The molecule has 11 heteroatoms. The molecule has 6 aromatic rings. The molecular weight excluding hydrogens is 819 g/mol.